The van der Waals surface area contributed by atoms with E-state index in [-0.39, 0.29) is 18.7 Å². The molecule has 0 radical (unpaired) electrons. The molecule has 0 saturated carbocycles. The van der Waals surface area contributed by atoms with Gasteiger partial charge in [-0.1, -0.05) is 6.92 Å². The summed E-state index contributed by atoms with van der Waals surface area (Å²) in [5.74, 6) is -1.22. The Hall–Kier alpha value is -1.85. The molecule has 0 aromatic heterocycles. The first-order valence-electron chi connectivity index (χ1n) is 8.74. The highest BCUT2D eigenvalue weighted by Crippen LogP contribution is 2.14. The molecule has 0 aromatic carbocycles. The SMILES string of the molecule is CCCC(=O)N[C@H](SCCCN)C(=O)N[C@@H](CC(C)(C)O)C(=O)NC(N)=O. The molecule has 5 amide bonds. The minimum atomic E-state index is -1.29. The van der Waals surface area contributed by atoms with E-state index in [1.807, 2.05) is 12.2 Å². The number of carbonyl (C=O) groups is 4. The fourth-order valence-electron chi connectivity index (χ4n) is 2.08. The lowest BCUT2D eigenvalue weighted by Gasteiger charge is -2.26. The number of urea groups is 1. The zero-order chi connectivity index (χ0) is 21.0. The predicted octanol–water partition coefficient (Wildman–Crippen LogP) is -0.848. The van der Waals surface area contributed by atoms with Crippen molar-refractivity contribution in [3.8, 4) is 0 Å². The second-order valence-corrected chi connectivity index (χ2v) is 7.85. The average molecular weight is 406 g/mol. The quantitative estimate of drug-likeness (QED) is 0.181. The number of nitrogens with two attached hydrogens (primary N) is 2. The number of nitrogens with one attached hydrogen (secondary N) is 3. The molecule has 0 bridgehead atoms. The summed E-state index contributed by atoms with van der Waals surface area (Å²) in [5, 5.41) is 16.0. The van der Waals surface area contributed by atoms with Crippen LogP contribution in [-0.4, -0.2) is 58.2 Å². The van der Waals surface area contributed by atoms with Crippen molar-refractivity contribution in [1.82, 2.24) is 16.0 Å². The molecule has 27 heavy (non-hydrogen) atoms. The van der Waals surface area contributed by atoms with Gasteiger partial charge in [0.25, 0.3) is 11.8 Å². The smallest absolute Gasteiger partial charge is 0.318 e. The number of rotatable bonds is 12. The Morgan fingerprint density at radius 1 is 1.15 bits per heavy atom. The number of amides is 5. The Morgan fingerprint density at radius 2 is 1.78 bits per heavy atom. The average Bonchev–Trinajstić information content (AvgIpc) is 2.51. The van der Waals surface area contributed by atoms with Gasteiger partial charge in [0, 0.05) is 12.8 Å². The van der Waals surface area contributed by atoms with Crippen LogP contribution in [0.2, 0.25) is 0 Å². The van der Waals surface area contributed by atoms with E-state index in [2.05, 4.69) is 10.6 Å². The molecule has 156 valence electrons. The van der Waals surface area contributed by atoms with E-state index >= 15 is 0 Å². The van der Waals surface area contributed by atoms with Gasteiger partial charge in [0.05, 0.1) is 5.60 Å². The van der Waals surface area contributed by atoms with E-state index in [0.29, 0.717) is 25.1 Å². The summed E-state index contributed by atoms with van der Waals surface area (Å²) in [6.45, 7) is 5.19. The van der Waals surface area contributed by atoms with Crippen LogP contribution >= 0.6 is 11.8 Å². The van der Waals surface area contributed by atoms with Crippen molar-refractivity contribution < 1.29 is 24.3 Å². The highest BCUT2D eigenvalue weighted by atomic mass is 32.2. The number of hydrogen-bond acceptors (Lipinski definition) is 7. The fraction of sp³-hybridized carbons (Fsp3) is 0.750. The molecule has 0 aliphatic rings. The maximum atomic E-state index is 12.6. The van der Waals surface area contributed by atoms with Crippen molar-refractivity contribution in [3.05, 3.63) is 0 Å². The molecular weight excluding hydrogens is 374 g/mol. The Kier molecular flexibility index (Phi) is 11.7. The molecule has 0 aromatic rings. The molecule has 0 aliphatic carbocycles. The van der Waals surface area contributed by atoms with Gasteiger partial charge in [-0.05, 0) is 39.0 Å². The molecule has 0 aliphatic heterocycles. The number of carbonyl (C=O) groups excluding carboxylic acids is 4. The molecule has 10 nitrogen and oxygen atoms in total. The second-order valence-electron chi connectivity index (χ2n) is 6.64. The van der Waals surface area contributed by atoms with E-state index in [1.54, 1.807) is 0 Å². The highest BCUT2D eigenvalue weighted by molar-refractivity contribution is 8.00. The van der Waals surface area contributed by atoms with E-state index < -0.39 is 34.9 Å². The molecule has 0 saturated heterocycles. The molecule has 0 fully saturated rings. The fourth-order valence-corrected chi connectivity index (χ4v) is 3.08. The topological polar surface area (TPSA) is 177 Å². The van der Waals surface area contributed by atoms with Crippen molar-refractivity contribution in [1.29, 1.82) is 0 Å². The maximum Gasteiger partial charge on any atom is 0.318 e. The lowest BCUT2D eigenvalue weighted by molar-refractivity contribution is -0.131. The van der Waals surface area contributed by atoms with Gasteiger partial charge in [-0.3, -0.25) is 19.7 Å². The van der Waals surface area contributed by atoms with Crippen molar-refractivity contribution in [2.24, 2.45) is 11.5 Å². The lowest BCUT2D eigenvalue weighted by atomic mass is 9.98. The molecule has 2 atom stereocenters. The Balaban J connectivity index is 5.20. The first-order valence-corrected chi connectivity index (χ1v) is 9.79. The summed E-state index contributed by atoms with van der Waals surface area (Å²) in [4.78, 5) is 47.5. The molecule has 0 rings (SSSR count). The number of aliphatic hydroxyl groups is 1. The summed E-state index contributed by atoms with van der Waals surface area (Å²) in [6, 6.07) is -2.27. The van der Waals surface area contributed by atoms with Gasteiger partial charge >= 0.3 is 6.03 Å². The monoisotopic (exact) mass is 405 g/mol. The summed E-state index contributed by atoms with van der Waals surface area (Å²) >= 11 is 1.18. The van der Waals surface area contributed by atoms with Crippen LogP contribution in [0.3, 0.4) is 0 Å². The van der Waals surface area contributed by atoms with Gasteiger partial charge < -0.3 is 27.2 Å². The third kappa shape index (κ3) is 12.2. The van der Waals surface area contributed by atoms with Crippen molar-refractivity contribution >= 4 is 35.5 Å². The minimum Gasteiger partial charge on any atom is -0.390 e. The van der Waals surface area contributed by atoms with Crippen molar-refractivity contribution in [3.63, 3.8) is 0 Å². The van der Waals surface area contributed by atoms with Crippen molar-refractivity contribution in [2.75, 3.05) is 12.3 Å². The van der Waals surface area contributed by atoms with Crippen LogP contribution < -0.4 is 27.4 Å². The number of imide groups is 1. The van der Waals surface area contributed by atoms with E-state index in [9.17, 15) is 24.3 Å². The zero-order valence-corrected chi connectivity index (χ0v) is 16.9. The van der Waals surface area contributed by atoms with Gasteiger partial charge in [0.15, 0.2) is 5.37 Å². The van der Waals surface area contributed by atoms with Crippen molar-refractivity contribution in [2.45, 2.75) is 63.5 Å². The van der Waals surface area contributed by atoms with Gasteiger partial charge in [-0.15, -0.1) is 11.8 Å². The molecule has 0 unspecified atom stereocenters. The van der Waals surface area contributed by atoms with Crippen LogP contribution in [0.15, 0.2) is 0 Å². The Labute approximate surface area is 163 Å². The van der Waals surface area contributed by atoms with Gasteiger partial charge in [0.1, 0.15) is 6.04 Å². The number of hydrogen-bond donors (Lipinski definition) is 6. The molecule has 0 heterocycles. The zero-order valence-electron chi connectivity index (χ0n) is 16.0. The second kappa shape index (κ2) is 12.5. The summed E-state index contributed by atoms with van der Waals surface area (Å²) in [7, 11) is 0. The van der Waals surface area contributed by atoms with Crippen LogP contribution in [0.4, 0.5) is 4.79 Å². The maximum absolute atomic E-state index is 12.6. The van der Waals surface area contributed by atoms with Crippen LogP contribution in [0.25, 0.3) is 0 Å². The summed E-state index contributed by atoms with van der Waals surface area (Å²) in [5.41, 5.74) is 9.11. The van der Waals surface area contributed by atoms with Crippen LogP contribution in [-0.2, 0) is 14.4 Å². The van der Waals surface area contributed by atoms with E-state index in [1.165, 1.54) is 25.6 Å². The minimum absolute atomic E-state index is 0.152. The Morgan fingerprint density at radius 3 is 2.26 bits per heavy atom. The van der Waals surface area contributed by atoms with E-state index in [0.717, 1.165) is 0 Å². The molecular formula is C16H31N5O5S. The lowest BCUT2D eigenvalue weighted by Crippen LogP contribution is -2.55. The number of primary amides is 1. The normalized spacial score (nSPS) is 13.4. The first-order chi connectivity index (χ1) is 12.5. The standard InChI is InChI=1S/C16H31N5O5S/c1-4-6-11(22)20-14(27-8-5-7-17)13(24)19-10(9-16(2,3)26)12(23)21-15(18)25/h10,14,26H,4-9,17H2,1-3H3,(H,19,24)(H,20,22)(H3,18,21,23,25)/t10-,14+/m0/s1. The van der Waals surface area contributed by atoms with Gasteiger partial charge in [-0.25, -0.2) is 4.79 Å². The van der Waals surface area contributed by atoms with Gasteiger partial charge in [0.2, 0.25) is 5.91 Å². The first kappa shape index (κ1) is 25.1. The molecule has 11 heteroatoms. The summed E-state index contributed by atoms with van der Waals surface area (Å²) < 4.78 is 0. The van der Waals surface area contributed by atoms with Crippen LogP contribution in [0.5, 0.6) is 0 Å². The molecule has 0 spiro atoms. The third-order valence-corrected chi connectivity index (χ3v) is 4.41. The van der Waals surface area contributed by atoms with Crippen LogP contribution in [0, 0.1) is 0 Å². The highest BCUT2D eigenvalue weighted by Gasteiger charge is 2.31. The summed E-state index contributed by atoms with van der Waals surface area (Å²) in [6.07, 6.45) is 1.38. The largest absolute Gasteiger partial charge is 0.390 e. The van der Waals surface area contributed by atoms with Gasteiger partial charge in [-0.2, -0.15) is 0 Å². The Bertz CT molecular complexity index is 524. The van der Waals surface area contributed by atoms with E-state index in [4.69, 9.17) is 11.5 Å². The molecule has 8 N–H and O–H groups in total. The number of thioether (sulfide) groups is 1. The van der Waals surface area contributed by atoms with Crippen LogP contribution in [0.1, 0.15) is 46.5 Å². The predicted molar refractivity (Wildman–Crippen MR) is 104 cm³/mol. The third-order valence-electron chi connectivity index (χ3n) is 3.22.